The molecule has 0 saturated carbocycles. The minimum Gasteiger partial charge on any atom is -0.380 e. The molecular weight excluding hydrogens is 1120 g/mol. The van der Waals surface area contributed by atoms with Gasteiger partial charge in [-0.05, 0) is 164 Å². The van der Waals surface area contributed by atoms with E-state index in [4.69, 9.17) is 0 Å². The lowest BCUT2D eigenvalue weighted by atomic mass is 9.69. The second-order valence-corrected chi connectivity index (χ2v) is 25.6. The summed E-state index contributed by atoms with van der Waals surface area (Å²) in [4.78, 5) is 0. The standard InChI is InChI=1S/4C22H20O/c4*23-22(20-12-5-2-6-13-20)16-19(17-9-3-1-4-10-17)15-18-11-7-8-14-21(18)22/h4*1-14,19,23H,15-16H2/t4*19-,22+/m1100/s1. The lowest BCUT2D eigenvalue weighted by Gasteiger charge is -2.39. The van der Waals surface area contributed by atoms with Crippen LogP contribution in [0.25, 0.3) is 0 Å². The fraction of sp³-hybridized carbons (Fsp3) is 0.182. The zero-order valence-electron chi connectivity index (χ0n) is 52.1. The quantitative estimate of drug-likeness (QED) is 0.122. The normalized spacial score (nSPS) is 23.3. The first-order valence-electron chi connectivity index (χ1n) is 32.7. The number of fused-ring (bicyclic) bond motifs is 4. The molecule has 4 nitrogen and oxygen atoms in total. The highest BCUT2D eigenvalue weighted by molar-refractivity contribution is 5.50. The van der Waals surface area contributed by atoms with E-state index >= 15 is 0 Å². The van der Waals surface area contributed by atoms with Crippen molar-refractivity contribution in [2.45, 2.75) is 97.4 Å². The summed E-state index contributed by atoms with van der Waals surface area (Å²) < 4.78 is 0. The van der Waals surface area contributed by atoms with E-state index in [2.05, 4.69) is 170 Å². The molecule has 0 saturated heterocycles. The Hall–Kier alpha value is -9.52. The zero-order valence-corrected chi connectivity index (χ0v) is 52.1. The van der Waals surface area contributed by atoms with Crippen LogP contribution in [0.1, 0.15) is 138 Å². The second kappa shape index (κ2) is 27.5. The van der Waals surface area contributed by atoms with Crippen LogP contribution in [0, 0.1) is 0 Å². The number of rotatable bonds is 8. The van der Waals surface area contributed by atoms with Gasteiger partial charge in [0.1, 0.15) is 22.4 Å². The van der Waals surface area contributed by atoms with Gasteiger partial charge in [-0.3, -0.25) is 0 Å². The van der Waals surface area contributed by atoms with E-state index in [1.54, 1.807) is 0 Å². The van der Waals surface area contributed by atoms with Gasteiger partial charge in [-0.15, -0.1) is 0 Å². The maximum Gasteiger partial charge on any atom is 0.115 e. The third-order valence-electron chi connectivity index (χ3n) is 20.0. The summed E-state index contributed by atoms with van der Waals surface area (Å²) in [5, 5.41) is 46.5. The fourth-order valence-electron chi connectivity index (χ4n) is 15.4. The number of aliphatic hydroxyl groups is 4. The first-order valence-corrected chi connectivity index (χ1v) is 32.7. The molecule has 12 aromatic carbocycles. The van der Waals surface area contributed by atoms with Crippen LogP contribution in [0.5, 0.6) is 0 Å². The molecule has 8 atom stereocenters. The smallest absolute Gasteiger partial charge is 0.115 e. The first-order chi connectivity index (χ1) is 45.1. The van der Waals surface area contributed by atoms with Crippen molar-refractivity contribution in [3.8, 4) is 0 Å². The molecule has 0 spiro atoms. The van der Waals surface area contributed by atoms with Crippen molar-refractivity contribution in [2.75, 3.05) is 0 Å². The third kappa shape index (κ3) is 12.9. The van der Waals surface area contributed by atoms with Crippen LogP contribution >= 0.6 is 0 Å². The molecule has 92 heavy (non-hydrogen) atoms. The fourth-order valence-corrected chi connectivity index (χ4v) is 15.4. The van der Waals surface area contributed by atoms with Crippen molar-refractivity contribution in [2.24, 2.45) is 0 Å². The monoisotopic (exact) mass is 1200 g/mol. The summed E-state index contributed by atoms with van der Waals surface area (Å²) in [6.45, 7) is 0. The minimum atomic E-state index is -0.920. The maximum atomic E-state index is 11.6. The highest BCUT2D eigenvalue weighted by Crippen LogP contribution is 2.50. The molecule has 0 aromatic heterocycles. The minimum absolute atomic E-state index is 0.330. The van der Waals surface area contributed by atoms with Crippen molar-refractivity contribution in [1.29, 1.82) is 0 Å². The Morgan fingerprint density at radius 1 is 0.185 bits per heavy atom. The van der Waals surface area contributed by atoms with Crippen LogP contribution in [-0.4, -0.2) is 20.4 Å². The Kier molecular flexibility index (Phi) is 18.3. The van der Waals surface area contributed by atoms with E-state index in [9.17, 15) is 20.4 Å². The predicted octanol–water partition coefficient (Wildman–Crippen LogP) is 18.6. The largest absolute Gasteiger partial charge is 0.380 e. The van der Waals surface area contributed by atoms with Gasteiger partial charge in [-0.25, -0.2) is 0 Å². The van der Waals surface area contributed by atoms with E-state index in [0.29, 0.717) is 23.7 Å². The van der Waals surface area contributed by atoms with E-state index in [0.717, 1.165) is 95.9 Å². The lowest BCUT2D eigenvalue weighted by molar-refractivity contribution is 0.0540. The summed E-state index contributed by atoms with van der Waals surface area (Å²) in [6.07, 6.45) is 6.81. The highest BCUT2D eigenvalue weighted by atomic mass is 16.3. The Balaban J connectivity index is 0.000000112. The molecule has 0 radical (unpaired) electrons. The third-order valence-corrected chi connectivity index (χ3v) is 20.0. The van der Waals surface area contributed by atoms with Crippen LogP contribution in [0.15, 0.2) is 340 Å². The molecule has 12 aromatic rings. The van der Waals surface area contributed by atoms with Gasteiger partial charge < -0.3 is 20.4 Å². The first kappa shape index (κ1) is 61.3. The Labute approximate surface area is 543 Å². The van der Waals surface area contributed by atoms with Crippen molar-refractivity contribution in [3.05, 3.63) is 429 Å². The van der Waals surface area contributed by atoms with Crippen molar-refractivity contribution >= 4 is 0 Å². The van der Waals surface area contributed by atoms with Gasteiger partial charge in [0.25, 0.3) is 0 Å². The van der Waals surface area contributed by atoms with Gasteiger partial charge in [0.15, 0.2) is 0 Å². The number of hydrogen-bond acceptors (Lipinski definition) is 4. The van der Waals surface area contributed by atoms with Crippen LogP contribution in [0.4, 0.5) is 0 Å². The van der Waals surface area contributed by atoms with Crippen molar-refractivity contribution in [3.63, 3.8) is 0 Å². The van der Waals surface area contributed by atoms with E-state index in [1.165, 1.54) is 44.5 Å². The second-order valence-electron chi connectivity index (χ2n) is 25.6. The molecule has 0 heterocycles. The van der Waals surface area contributed by atoms with Gasteiger partial charge in [0.2, 0.25) is 0 Å². The average molecular weight is 1200 g/mol. The SMILES string of the molecule is O[C@@]1(c2ccccc2)C[C@@H](c2ccccc2)Cc2ccccc21.O[C@@]1(c2ccccc2)C[C@@H](c2ccccc2)Cc2ccccc21.O[C@]1(c2ccccc2)C[C@H](c2ccccc2)Cc2ccccc21.O[C@]1(c2ccccc2)C[C@H](c2ccccc2)Cc2ccccc21. The topological polar surface area (TPSA) is 80.9 Å². The van der Waals surface area contributed by atoms with Crippen molar-refractivity contribution in [1.82, 2.24) is 0 Å². The van der Waals surface area contributed by atoms with Gasteiger partial charge >= 0.3 is 0 Å². The lowest BCUT2D eigenvalue weighted by Crippen LogP contribution is -2.35. The molecule has 0 amide bonds. The number of hydrogen-bond donors (Lipinski definition) is 4. The van der Waals surface area contributed by atoms with Crippen LogP contribution in [0.3, 0.4) is 0 Å². The summed E-state index contributed by atoms with van der Waals surface area (Å²) in [6, 6.07) is 116. The van der Waals surface area contributed by atoms with Crippen molar-refractivity contribution < 1.29 is 20.4 Å². The molecule has 4 aliphatic carbocycles. The number of benzene rings is 12. The molecule has 4 N–H and O–H groups in total. The van der Waals surface area contributed by atoms with Crippen LogP contribution in [0.2, 0.25) is 0 Å². The Morgan fingerprint density at radius 3 is 0.522 bits per heavy atom. The summed E-state index contributed by atoms with van der Waals surface area (Å²) >= 11 is 0. The van der Waals surface area contributed by atoms with Crippen LogP contribution < -0.4 is 0 Å². The molecule has 456 valence electrons. The molecular formula is C88H80O4. The van der Waals surface area contributed by atoms with Gasteiger partial charge in [-0.1, -0.05) is 340 Å². The molecule has 0 bridgehead atoms. The molecule has 4 aliphatic rings. The Bertz CT molecular complexity index is 3740. The average Bonchev–Trinajstić information content (AvgIpc) is 1.02. The zero-order chi connectivity index (χ0) is 62.8. The summed E-state index contributed by atoms with van der Waals surface area (Å²) in [5.74, 6) is 1.32. The molecule has 16 rings (SSSR count). The van der Waals surface area contributed by atoms with E-state index in [-0.39, 0.29) is 0 Å². The maximum absolute atomic E-state index is 11.6. The molecule has 0 aliphatic heterocycles. The Morgan fingerprint density at radius 2 is 0.337 bits per heavy atom. The predicted molar refractivity (Wildman–Crippen MR) is 374 cm³/mol. The van der Waals surface area contributed by atoms with Crippen LogP contribution in [-0.2, 0) is 48.1 Å². The van der Waals surface area contributed by atoms with Gasteiger partial charge in [0, 0.05) is 0 Å². The highest BCUT2D eigenvalue weighted by Gasteiger charge is 2.44. The van der Waals surface area contributed by atoms with Gasteiger partial charge in [-0.2, -0.15) is 0 Å². The summed E-state index contributed by atoms with van der Waals surface area (Å²) in [7, 11) is 0. The van der Waals surface area contributed by atoms with Gasteiger partial charge in [0.05, 0.1) is 0 Å². The molecule has 4 heteroatoms. The van der Waals surface area contributed by atoms with E-state index < -0.39 is 22.4 Å². The van der Waals surface area contributed by atoms with E-state index in [1.807, 2.05) is 170 Å². The summed E-state index contributed by atoms with van der Waals surface area (Å²) in [5.41, 5.74) is 14.7. The molecule has 0 unspecified atom stereocenters. The molecule has 0 fully saturated rings.